The van der Waals surface area contributed by atoms with Gasteiger partial charge >= 0.3 is 0 Å². The van der Waals surface area contributed by atoms with Gasteiger partial charge in [0.2, 0.25) is 0 Å². The van der Waals surface area contributed by atoms with Gasteiger partial charge in [0.25, 0.3) is 0 Å². The van der Waals surface area contributed by atoms with Crippen molar-refractivity contribution >= 4 is 21.9 Å². The maximum Gasteiger partial charge on any atom is 0.193 e. The van der Waals surface area contributed by atoms with Gasteiger partial charge in [-0.3, -0.25) is 4.99 Å². The molecule has 0 atom stereocenters. The summed E-state index contributed by atoms with van der Waals surface area (Å²) in [7, 11) is 5.51. The van der Waals surface area contributed by atoms with Crippen LogP contribution in [-0.2, 0) is 16.0 Å². The zero-order chi connectivity index (χ0) is 16.2. The lowest BCUT2D eigenvalue weighted by atomic mass is 10.2. The molecule has 0 saturated heterocycles. The number of benzene rings is 1. The van der Waals surface area contributed by atoms with Crippen molar-refractivity contribution in [2.75, 3.05) is 47.6 Å². The van der Waals surface area contributed by atoms with Crippen LogP contribution in [0.1, 0.15) is 12.0 Å². The number of nitrogens with one attached hydrogen (secondary N) is 1. The average Bonchev–Trinajstić information content (AvgIpc) is 2.52. The fourth-order valence-corrected chi connectivity index (χ4v) is 2.37. The standard InChI is InChI=1S/C16H26BrN3O2/c1-18-16(19-9-6-10-22-12-11-21-3)20(2)13-14-7-4-5-8-15(14)17/h4-5,7-8H,6,9-13H2,1-3H3,(H,18,19). The first-order chi connectivity index (χ1) is 10.7. The van der Waals surface area contributed by atoms with E-state index in [0.29, 0.717) is 13.2 Å². The first-order valence-electron chi connectivity index (χ1n) is 7.41. The molecular weight excluding hydrogens is 346 g/mol. The summed E-state index contributed by atoms with van der Waals surface area (Å²) in [4.78, 5) is 6.42. The lowest BCUT2D eigenvalue weighted by Gasteiger charge is -2.22. The molecule has 0 aromatic heterocycles. The lowest BCUT2D eigenvalue weighted by Crippen LogP contribution is -2.39. The van der Waals surface area contributed by atoms with Gasteiger partial charge in [-0.15, -0.1) is 0 Å². The molecule has 0 unspecified atom stereocenters. The second-order valence-corrected chi connectivity index (χ2v) is 5.73. The normalized spacial score (nSPS) is 11.5. The second-order valence-electron chi connectivity index (χ2n) is 4.88. The van der Waals surface area contributed by atoms with Crippen molar-refractivity contribution in [1.29, 1.82) is 0 Å². The molecule has 0 saturated carbocycles. The number of nitrogens with zero attached hydrogens (tertiary/aromatic N) is 2. The van der Waals surface area contributed by atoms with Gasteiger partial charge in [-0.05, 0) is 18.1 Å². The van der Waals surface area contributed by atoms with Crippen molar-refractivity contribution in [3.8, 4) is 0 Å². The Balaban J connectivity index is 2.30. The molecule has 5 nitrogen and oxygen atoms in total. The molecule has 0 radical (unpaired) electrons. The lowest BCUT2D eigenvalue weighted by molar-refractivity contribution is 0.0698. The van der Waals surface area contributed by atoms with E-state index in [4.69, 9.17) is 9.47 Å². The van der Waals surface area contributed by atoms with Crippen LogP contribution in [0.4, 0.5) is 0 Å². The molecule has 1 N–H and O–H groups in total. The summed E-state index contributed by atoms with van der Waals surface area (Å²) in [6.45, 7) is 3.64. The smallest absolute Gasteiger partial charge is 0.193 e. The second kappa shape index (κ2) is 11.5. The van der Waals surface area contributed by atoms with Crippen LogP contribution in [0.5, 0.6) is 0 Å². The van der Waals surface area contributed by atoms with E-state index in [2.05, 4.69) is 43.3 Å². The molecule has 124 valence electrons. The van der Waals surface area contributed by atoms with Gasteiger partial charge in [0.05, 0.1) is 13.2 Å². The molecule has 0 aliphatic rings. The third-order valence-corrected chi connectivity index (χ3v) is 3.89. The van der Waals surface area contributed by atoms with Gasteiger partial charge in [-0.2, -0.15) is 0 Å². The van der Waals surface area contributed by atoms with Crippen LogP contribution in [0.3, 0.4) is 0 Å². The van der Waals surface area contributed by atoms with E-state index in [0.717, 1.165) is 36.5 Å². The molecular formula is C16H26BrN3O2. The summed E-state index contributed by atoms with van der Waals surface area (Å²) in [6, 6.07) is 8.22. The summed E-state index contributed by atoms with van der Waals surface area (Å²) in [5.41, 5.74) is 1.23. The highest BCUT2D eigenvalue weighted by atomic mass is 79.9. The number of methoxy groups -OCH3 is 1. The molecule has 0 heterocycles. The molecule has 0 spiro atoms. The van der Waals surface area contributed by atoms with E-state index >= 15 is 0 Å². The minimum absolute atomic E-state index is 0.643. The predicted molar refractivity (Wildman–Crippen MR) is 94.3 cm³/mol. The van der Waals surface area contributed by atoms with Crippen molar-refractivity contribution in [3.63, 3.8) is 0 Å². The minimum atomic E-state index is 0.643. The zero-order valence-corrected chi connectivity index (χ0v) is 15.2. The highest BCUT2D eigenvalue weighted by Crippen LogP contribution is 2.17. The molecule has 0 aliphatic carbocycles. The Kier molecular flexibility index (Phi) is 9.86. The number of aliphatic imine (C=N–C) groups is 1. The third kappa shape index (κ3) is 7.24. The molecule has 1 rings (SSSR count). The Bertz CT molecular complexity index is 455. The van der Waals surface area contributed by atoms with Crippen LogP contribution in [0.15, 0.2) is 33.7 Å². The molecule has 6 heteroatoms. The molecule has 22 heavy (non-hydrogen) atoms. The largest absolute Gasteiger partial charge is 0.382 e. The number of ether oxygens (including phenoxy) is 2. The van der Waals surface area contributed by atoms with Crippen LogP contribution in [-0.4, -0.2) is 58.4 Å². The predicted octanol–water partition coefficient (Wildman–Crippen LogP) is 2.51. The topological polar surface area (TPSA) is 46.1 Å². The zero-order valence-electron chi connectivity index (χ0n) is 13.6. The van der Waals surface area contributed by atoms with Crippen LogP contribution >= 0.6 is 15.9 Å². The highest BCUT2D eigenvalue weighted by molar-refractivity contribution is 9.10. The maximum absolute atomic E-state index is 5.44. The molecule has 0 amide bonds. The molecule has 1 aromatic carbocycles. The summed E-state index contributed by atoms with van der Waals surface area (Å²) in [5.74, 6) is 0.882. The quantitative estimate of drug-likeness (QED) is 0.411. The van der Waals surface area contributed by atoms with E-state index < -0.39 is 0 Å². The summed E-state index contributed by atoms with van der Waals surface area (Å²) in [5, 5.41) is 3.35. The van der Waals surface area contributed by atoms with Crippen LogP contribution in [0.2, 0.25) is 0 Å². The number of hydrogen-bond donors (Lipinski definition) is 1. The SMILES string of the molecule is CN=C(NCCCOCCOC)N(C)Cc1ccccc1Br. The highest BCUT2D eigenvalue weighted by Gasteiger charge is 2.07. The summed E-state index contributed by atoms with van der Waals surface area (Å²) in [6.07, 6.45) is 0.936. The minimum Gasteiger partial charge on any atom is -0.382 e. The van der Waals surface area contributed by atoms with Gasteiger partial charge < -0.3 is 19.7 Å². The van der Waals surface area contributed by atoms with Crippen molar-refractivity contribution in [2.24, 2.45) is 4.99 Å². The van der Waals surface area contributed by atoms with Crippen molar-refractivity contribution < 1.29 is 9.47 Å². The number of guanidine groups is 1. The molecule has 0 bridgehead atoms. The summed E-state index contributed by atoms with van der Waals surface area (Å²) < 4.78 is 11.5. The van der Waals surface area contributed by atoms with Crippen LogP contribution in [0.25, 0.3) is 0 Å². The van der Waals surface area contributed by atoms with Gasteiger partial charge in [0, 0.05) is 45.4 Å². The van der Waals surface area contributed by atoms with E-state index in [1.807, 2.05) is 19.2 Å². The fourth-order valence-electron chi connectivity index (χ4n) is 1.96. The summed E-state index contributed by atoms with van der Waals surface area (Å²) >= 11 is 3.58. The van der Waals surface area contributed by atoms with Crippen LogP contribution in [0, 0.1) is 0 Å². The Morgan fingerprint density at radius 1 is 1.27 bits per heavy atom. The van der Waals surface area contributed by atoms with E-state index in [-0.39, 0.29) is 0 Å². The Morgan fingerprint density at radius 2 is 2.05 bits per heavy atom. The van der Waals surface area contributed by atoms with Crippen molar-refractivity contribution in [1.82, 2.24) is 10.2 Å². The van der Waals surface area contributed by atoms with Crippen LogP contribution < -0.4 is 5.32 Å². The van der Waals surface area contributed by atoms with Crippen molar-refractivity contribution in [3.05, 3.63) is 34.3 Å². The number of halogens is 1. The molecule has 0 fully saturated rings. The molecule has 1 aromatic rings. The third-order valence-electron chi connectivity index (χ3n) is 3.12. The van der Waals surface area contributed by atoms with E-state index in [1.54, 1.807) is 14.2 Å². The Hall–Kier alpha value is -1.11. The van der Waals surface area contributed by atoms with E-state index in [1.165, 1.54) is 5.56 Å². The van der Waals surface area contributed by atoms with Gasteiger partial charge in [-0.1, -0.05) is 34.1 Å². The average molecular weight is 372 g/mol. The van der Waals surface area contributed by atoms with Gasteiger partial charge in [0.1, 0.15) is 0 Å². The maximum atomic E-state index is 5.44. The number of hydrogen-bond acceptors (Lipinski definition) is 3. The van der Waals surface area contributed by atoms with E-state index in [9.17, 15) is 0 Å². The van der Waals surface area contributed by atoms with Gasteiger partial charge in [0.15, 0.2) is 5.96 Å². The Morgan fingerprint density at radius 3 is 2.73 bits per heavy atom. The molecule has 0 aliphatic heterocycles. The number of rotatable bonds is 9. The Labute approximate surface area is 141 Å². The monoisotopic (exact) mass is 371 g/mol. The van der Waals surface area contributed by atoms with Gasteiger partial charge in [-0.25, -0.2) is 0 Å². The first kappa shape index (κ1) is 18.9. The van der Waals surface area contributed by atoms with Crippen molar-refractivity contribution in [2.45, 2.75) is 13.0 Å². The first-order valence-corrected chi connectivity index (χ1v) is 8.20. The fraction of sp³-hybridized carbons (Fsp3) is 0.562.